The largest absolute Gasteiger partial charge is 0.460 e. The highest BCUT2D eigenvalue weighted by Crippen LogP contribution is 2.47. The highest BCUT2D eigenvalue weighted by Gasteiger charge is 2.26. The lowest BCUT2D eigenvalue weighted by Crippen LogP contribution is -2.19. The third-order valence-corrected chi connectivity index (χ3v) is 10.2. The summed E-state index contributed by atoms with van der Waals surface area (Å²) in [5.74, 6) is 1.08. The third-order valence-electron chi connectivity index (χ3n) is 10.2. The second-order valence-corrected chi connectivity index (χ2v) is 15.8. The van der Waals surface area contributed by atoms with Gasteiger partial charge in [0.1, 0.15) is 11.3 Å². The van der Waals surface area contributed by atoms with Gasteiger partial charge in [-0.3, -0.25) is 0 Å². The monoisotopic (exact) mass is 651 g/mol. The molecule has 0 radical (unpaired) electrons. The molecule has 0 spiro atoms. The molecule has 0 saturated carbocycles. The van der Waals surface area contributed by atoms with Crippen LogP contribution in [0.1, 0.15) is 70.4 Å². The molecule has 0 saturated heterocycles. The Hall–Kier alpha value is -5.34. The highest BCUT2D eigenvalue weighted by molar-refractivity contribution is 6.09. The van der Waals surface area contributed by atoms with E-state index in [-0.39, 0.29) is 10.8 Å². The van der Waals surface area contributed by atoms with Crippen LogP contribution >= 0.6 is 0 Å². The van der Waals surface area contributed by atoms with E-state index in [0.29, 0.717) is 0 Å². The van der Waals surface area contributed by atoms with Crippen LogP contribution in [0.3, 0.4) is 0 Å². The van der Waals surface area contributed by atoms with Crippen molar-refractivity contribution in [2.75, 3.05) is 4.90 Å². The van der Waals surface area contributed by atoms with Crippen LogP contribution in [0.5, 0.6) is 0 Å². The summed E-state index contributed by atoms with van der Waals surface area (Å²) in [5, 5.41) is 3.66. The van der Waals surface area contributed by atoms with E-state index in [9.17, 15) is 0 Å². The molecule has 0 aliphatic heterocycles. The zero-order valence-corrected chi connectivity index (χ0v) is 30.0. The Morgan fingerprint density at radius 2 is 1.24 bits per heavy atom. The van der Waals surface area contributed by atoms with E-state index in [0.717, 1.165) is 41.2 Å². The zero-order chi connectivity index (χ0) is 34.6. The Kier molecular flexibility index (Phi) is 7.79. The molecule has 50 heavy (non-hydrogen) atoms. The van der Waals surface area contributed by atoms with Crippen LogP contribution in [0.4, 0.5) is 17.1 Å². The van der Waals surface area contributed by atoms with Crippen molar-refractivity contribution in [2.45, 2.75) is 65.2 Å². The Balaban J connectivity index is 1.42. The molecule has 1 aliphatic rings. The van der Waals surface area contributed by atoms with Crippen molar-refractivity contribution in [3.63, 3.8) is 0 Å². The molecular formula is C48H45NO. The minimum absolute atomic E-state index is 0.0300. The van der Waals surface area contributed by atoms with Crippen LogP contribution in [0, 0.1) is 0 Å². The summed E-state index contributed by atoms with van der Waals surface area (Å²) in [7, 11) is 0. The van der Waals surface area contributed by atoms with Crippen molar-refractivity contribution in [1.29, 1.82) is 0 Å². The van der Waals surface area contributed by atoms with Crippen LogP contribution in [-0.2, 0) is 17.3 Å². The first-order valence-corrected chi connectivity index (χ1v) is 17.9. The molecule has 2 heteroatoms. The molecule has 2 nitrogen and oxygen atoms in total. The Morgan fingerprint density at radius 1 is 0.580 bits per heavy atom. The minimum Gasteiger partial charge on any atom is -0.460 e. The quantitative estimate of drug-likeness (QED) is 0.184. The summed E-state index contributed by atoms with van der Waals surface area (Å²) in [5.41, 5.74) is 12.9. The number of hydrogen-bond acceptors (Lipinski definition) is 2. The lowest BCUT2D eigenvalue weighted by Gasteiger charge is -2.32. The van der Waals surface area contributed by atoms with E-state index in [1.807, 2.05) is 0 Å². The van der Waals surface area contributed by atoms with E-state index in [1.165, 1.54) is 55.1 Å². The van der Waals surface area contributed by atoms with Crippen LogP contribution in [0.15, 0.2) is 138 Å². The van der Waals surface area contributed by atoms with Crippen molar-refractivity contribution in [1.82, 2.24) is 0 Å². The number of nitrogens with zero attached hydrogens (tertiary/aromatic N) is 1. The van der Waals surface area contributed by atoms with Gasteiger partial charge < -0.3 is 9.32 Å². The zero-order valence-electron chi connectivity index (χ0n) is 30.0. The van der Waals surface area contributed by atoms with Crippen molar-refractivity contribution >= 4 is 44.9 Å². The number of fused-ring (bicyclic) bond motifs is 4. The van der Waals surface area contributed by atoms with Gasteiger partial charge in [-0.1, -0.05) is 145 Å². The normalized spacial score (nSPS) is 13.2. The standard InChI is InChI=1S/C48H45NO/c1-47(2,3)34-28-35(48(4,5)6)30-37(29-34)49(36-26-27-41-40-21-11-13-25-44(40)50-45(41)31-36)43-24-12-10-20-39(43)42-23-15-19-33-18-14-22-38(46(33)42)32-16-8-7-9-17-32/h7-12,14-24,26-31H,13,25H2,1-6H3. The average molecular weight is 652 g/mol. The van der Waals surface area contributed by atoms with E-state index in [1.54, 1.807) is 0 Å². The number of benzene rings is 6. The number of rotatable bonds is 5. The van der Waals surface area contributed by atoms with Gasteiger partial charge in [0.15, 0.2) is 0 Å². The summed E-state index contributed by atoms with van der Waals surface area (Å²) in [6, 6.07) is 47.0. The van der Waals surface area contributed by atoms with Gasteiger partial charge in [-0.05, 0) is 86.2 Å². The SMILES string of the molecule is CC(C)(C)c1cc(N(c2ccc3c4c(oc3c2)CCC=C4)c2ccccc2-c2cccc3cccc(-c4ccccc4)c23)cc(C(C)(C)C)c1. The molecule has 7 aromatic rings. The Bertz CT molecular complexity index is 2360. The predicted molar refractivity (Wildman–Crippen MR) is 214 cm³/mol. The molecule has 6 aromatic carbocycles. The highest BCUT2D eigenvalue weighted by atomic mass is 16.3. The van der Waals surface area contributed by atoms with Gasteiger partial charge in [0, 0.05) is 40.4 Å². The van der Waals surface area contributed by atoms with Crippen LogP contribution in [0.25, 0.3) is 50.1 Å². The average Bonchev–Trinajstić information content (AvgIpc) is 3.49. The smallest absolute Gasteiger partial charge is 0.137 e. The van der Waals surface area contributed by atoms with Crippen molar-refractivity contribution < 1.29 is 4.42 Å². The molecule has 0 N–H and O–H groups in total. The number of hydrogen-bond donors (Lipinski definition) is 0. The summed E-state index contributed by atoms with van der Waals surface area (Å²) < 4.78 is 6.57. The maximum Gasteiger partial charge on any atom is 0.137 e. The van der Waals surface area contributed by atoms with Gasteiger partial charge in [0.25, 0.3) is 0 Å². The van der Waals surface area contributed by atoms with E-state index >= 15 is 0 Å². The lowest BCUT2D eigenvalue weighted by molar-refractivity contribution is 0.546. The lowest BCUT2D eigenvalue weighted by atomic mass is 9.80. The fraction of sp³-hybridized carbons (Fsp3) is 0.208. The number of aryl methyl sites for hydroxylation is 1. The van der Waals surface area contributed by atoms with E-state index < -0.39 is 0 Å². The molecule has 0 bridgehead atoms. The predicted octanol–water partition coefficient (Wildman–Crippen LogP) is 13.9. The molecule has 0 fully saturated rings. The first-order chi connectivity index (χ1) is 24.1. The fourth-order valence-corrected chi connectivity index (χ4v) is 7.43. The van der Waals surface area contributed by atoms with E-state index in [2.05, 4.69) is 186 Å². The Morgan fingerprint density at radius 3 is 1.96 bits per heavy atom. The van der Waals surface area contributed by atoms with E-state index in [4.69, 9.17) is 4.42 Å². The number of allylic oxidation sites excluding steroid dienone is 1. The molecule has 248 valence electrons. The van der Waals surface area contributed by atoms with Crippen molar-refractivity contribution in [2.24, 2.45) is 0 Å². The first kappa shape index (κ1) is 31.9. The number of furan rings is 1. The van der Waals surface area contributed by atoms with Crippen LogP contribution in [0.2, 0.25) is 0 Å². The maximum atomic E-state index is 6.57. The molecule has 1 heterocycles. The van der Waals surface area contributed by atoms with Gasteiger partial charge in [0.05, 0.1) is 5.69 Å². The Labute approximate surface area is 296 Å². The molecule has 0 amide bonds. The summed E-state index contributed by atoms with van der Waals surface area (Å²) in [6.45, 7) is 13.9. The van der Waals surface area contributed by atoms with Crippen LogP contribution < -0.4 is 4.90 Å². The van der Waals surface area contributed by atoms with Crippen LogP contribution in [-0.4, -0.2) is 0 Å². The molecule has 0 atom stereocenters. The number of para-hydroxylation sites is 1. The third kappa shape index (κ3) is 5.73. The van der Waals surface area contributed by atoms with Gasteiger partial charge in [-0.2, -0.15) is 0 Å². The molecule has 1 aliphatic carbocycles. The maximum absolute atomic E-state index is 6.57. The summed E-state index contributed by atoms with van der Waals surface area (Å²) >= 11 is 0. The number of anilines is 3. The summed E-state index contributed by atoms with van der Waals surface area (Å²) in [4.78, 5) is 2.46. The molecular weight excluding hydrogens is 607 g/mol. The minimum atomic E-state index is -0.0300. The van der Waals surface area contributed by atoms with Gasteiger partial charge >= 0.3 is 0 Å². The second-order valence-electron chi connectivity index (χ2n) is 15.8. The molecule has 8 rings (SSSR count). The topological polar surface area (TPSA) is 16.4 Å². The summed E-state index contributed by atoms with van der Waals surface area (Å²) in [6.07, 6.45) is 6.44. The van der Waals surface area contributed by atoms with Gasteiger partial charge in [-0.25, -0.2) is 0 Å². The van der Waals surface area contributed by atoms with Crippen molar-refractivity contribution in [3.8, 4) is 22.3 Å². The van der Waals surface area contributed by atoms with Gasteiger partial charge in [-0.15, -0.1) is 0 Å². The van der Waals surface area contributed by atoms with Gasteiger partial charge in [0.2, 0.25) is 0 Å². The molecule has 0 unspecified atom stereocenters. The first-order valence-electron chi connectivity index (χ1n) is 17.9. The van der Waals surface area contributed by atoms with Crippen molar-refractivity contribution in [3.05, 3.63) is 156 Å². The molecule has 1 aromatic heterocycles. The fourth-order valence-electron chi connectivity index (χ4n) is 7.43. The second kappa shape index (κ2) is 12.2.